The molecule has 2 atom stereocenters. The topological polar surface area (TPSA) is 35.5 Å². The molecule has 0 saturated heterocycles. The fraction of sp³-hybridized carbons (Fsp3) is 0.538. The van der Waals surface area contributed by atoms with Gasteiger partial charge in [-0.1, -0.05) is 12.1 Å². The van der Waals surface area contributed by atoms with E-state index in [0.717, 1.165) is 24.9 Å². The summed E-state index contributed by atoms with van der Waals surface area (Å²) in [5, 5.41) is 13.3. The summed E-state index contributed by atoms with van der Waals surface area (Å²) < 4.78 is 0. The van der Waals surface area contributed by atoms with Gasteiger partial charge in [0.1, 0.15) is 0 Å². The molecule has 1 aromatic carbocycles. The molecule has 0 bridgehead atoms. The van der Waals surface area contributed by atoms with Gasteiger partial charge in [0.05, 0.1) is 23.5 Å². The van der Waals surface area contributed by atoms with Crippen LogP contribution in [0.25, 0.3) is 0 Å². The molecule has 3 nitrogen and oxygen atoms in total. The van der Waals surface area contributed by atoms with Gasteiger partial charge in [0.25, 0.3) is 0 Å². The first-order valence-electron chi connectivity index (χ1n) is 5.89. The Morgan fingerprint density at radius 3 is 2.62 bits per heavy atom. The van der Waals surface area contributed by atoms with Crippen LogP contribution in [-0.2, 0) is 0 Å². The van der Waals surface area contributed by atoms with Gasteiger partial charge in [0.2, 0.25) is 0 Å². The van der Waals surface area contributed by atoms with E-state index >= 15 is 0 Å². The lowest BCUT2D eigenvalue weighted by atomic mass is 10.2. The first-order chi connectivity index (χ1) is 7.68. The number of nitrogens with zero attached hydrogens (tertiary/aromatic N) is 1. The minimum absolute atomic E-state index is 0.199. The highest BCUT2D eigenvalue weighted by Gasteiger charge is 2.25. The summed E-state index contributed by atoms with van der Waals surface area (Å²) in [4.78, 5) is 2.09. The van der Waals surface area contributed by atoms with Crippen molar-refractivity contribution in [1.29, 1.82) is 0 Å². The highest BCUT2D eigenvalue weighted by atomic mass is 16.3. The van der Waals surface area contributed by atoms with Gasteiger partial charge in [-0.2, -0.15) is 0 Å². The summed E-state index contributed by atoms with van der Waals surface area (Å²) in [6.45, 7) is 0. The van der Waals surface area contributed by atoms with Crippen molar-refractivity contribution in [2.45, 2.75) is 31.4 Å². The predicted molar refractivity (Wildman–Crippen MR) is 68.0 cm³/mol. The van der Waals surface area contributed by atoms with Crippen LogP contribution in [0.2, 0.25) is 0 Å². The van der Waals surface area contributed by atoms with E-state index in [9.17, 15) is 5.11 Å². The fourth-order valence-corrected chi connectivity index (χ4v) is 2.29. The third kappa shape index (κ3) is 2.30. The zero-order valence-corrected chi connectivity index (χ0v) is 9.98. The van der Waals surface area contributed by atoms with Crippen molar-refractivity contribution in [2.75, 3.05) is 24.3 Å². The van der Waals surface area contributed by atoms with Crippen LogP contribution in [0.15, 0.2) is 24.3 Å². The van der Waals surface area contributed by atoms with E-state index in [1.807, 2.05) is 26.2 Å². The van der Waals surface area contributed by atoms with Gasteiger partial charge in [0.15, 0.2) is 0 Å². The minimum Gasteiger partial charge on any atom is -0.391 e. The summed E-state index contributed by atoms with van der Waals surface area (Å²) in [5.41, 5.74) is 2.28. The second kappa shape index (κ2) is 4.74. The lowest BCUT2D eigenvalue weighted by Gasteiger charge is -2.23. The maximum Gasteiger partial charge on any atom is 0.0741 e. The lowest BCUT2D eigenvalue weighted by molar-refractivity contribution is 0.172. The number of aliphatic hydroxyl groups is 1. The minimum atomic E-state index is -0.199. The monoisotopic (exact) mass is 220 g/mol. The molecule has 0 amide bonds. The van der Waals surface area contributed by atoms with Gasteiger partial charge in [-0.05, 0) is 31.4 Å². The predicted octanol–water partition coefficient (Wildman–Crippen LogP) is 2.08. The highest BCUT2D eigenvalue weighted by Crippen LogP contribution is 2.28. The number of hydrogen-bond donors (Lipinski definition) is 2. The lowest BCUT2D eigenvalue weighted by Crippen LogP contribution is -2.28. The van der Waals surface area contributed by atoms with E-state index in [0.29, 0.717) is 0 Å². The van der Waals surface area contributed by atoms with Crippen LogP contribution in [0.5, 0.6) is 0 Å². The highest BCUT2D eigenvalue weighted by molar-refractivity contribution is 5.69. The van der Waals surface area contributed by atoms with Gasteiger partial charge in [-0.15, -0.1) is 0 Å². The second-order valence-corrected chi connectivity index (χ2v) is 4.66. The molecule has 0 radical (unpaired) electrons. The van der Waals surface area contributed by atoms with Crippen molar-refractivity contribution in [2.24, 2.45) is 0 Å². The van der Waals surface area contributed by atoms with E-state index in [1.165, 1.54) is 5.69 Å². The molecule has 2 N–H and O–H groups in total. The van der Waals surface area contributed by atoms with Crippen LogP contribution in [-0.4, -0.2) is 31.3 Å². The fourth-order valence-electron chi connectivity index (χ4n) is 2.29. The number of hydrogen-bond acceptors (Lipinski definition) is 3. The van der Waals surface area contributed by atoms with Crippen molar-refractivity contribution in [1.82, 2.24) is 0 Å². The molecule has 0 spiro atoms. The zero-order valence-electron chi connectivity index (χ0n) is 9.98. The standard InChI is InChI=1S/C13H20N2O/c1-15(2)12-8-4-3-6-10(12)14-11-7-5-9-13(11)16/h3-4,6,8,11,13-14,16H,5,7,9H2,1-2H3/t11-,13-/m0/s1. The Balaban J connectivity index is 2.14. The Morgan fingerprint density at radius 1 is 1.25 bits per heavy atom. The molecule has 1 fully saturated rings. The van der Waals surface area contributed by atoms with Crippen LogP contribution in [0.4, 0.5) is 11.4 Å². The van der Waals surface area contributed by atoms with Gasteiger partial charge in [-0.3, -0.25) is 0 Å². The van der Waals surface area contributed by atoms with E-state index in [1.54, 1.807) is 0 Å². The van der Waals surface area contributed by atoms with Crippen molar-refractivity contribution in [3.63, 3.8) is 0 Å². The van der Waals surface area contributed by atoms with Gasteiger partial charge >= 0.3 is 0 Å². The molecule has 2 rings (SSSR count). The number of nitrogens with one attached hydrogen (secondary N) is 1. The van der Waals surface area contributed by atoms with Crippen LogP contribution in [0.1, 0.15) is 19.3 Å². The first-order valence-corrected chi connectivity index (χ1v) is 5.89. The Morgan fingerprint density at radius 2 is 2.00 bits per heavy atom. The van der Waals surface area contributed by atoms with E-state index in [-0.39, 0.29) is 12.1 Å². The van der Waals surface area contributed by atoms with Gasteiger partial charge in [-0.25, -0.2) is 0 Å². The molecular formula is C13H20N2O. The maximum absolute atomic E-state index is 9.80. The molecule has 0 aliphatic heterocycles. The molecule has 1 aliphatic carbocycles. The summed E-state index contributed by atoms with van der Waals surface area (Å²) in [5.74, 6) is 0. The quantitative estimate of drug-likeness (QED) is 0.818. The normalized spacial score (nSPS) is 24.4. The van der Waals surface area contributed by atoms with Crippen molar-refractivity contribution < 1.29 is 5.11 Å². The zero-order chi connectivity index (χ0) is 11.5. The molecule has 1 aromatic rings. The summed E-state index contributed by atoms with van der Waals surface area (Å²) >= 11 is 0. The first kappa shape index (κ1) is 11.3. The van der Waals surface area contributed by atoms with E-state index < -0.39 is 0 Å². The van der Waals surface area contributed by atoms with Crippen LogP contribution >= 0.6 is 0 Å². The van der Waals surface area contributed by atoms with E-state index in [4.69, 9.17) is 0 Å². The van der Waals surface area contributed by atoms with Crippen LogP contribution in [0.3, 0.4) is 0 Å². The Labute approximate surface area is 97.1 Å². The third-order valence-electron chi connectivity index (χ3n) is 3.21. The molecule has 3 heteroatoms. The SMILES string of the molecule is CN(C)c1ccccc1N[C@H]1CCC[C@@H]1O. The summed E-state index contributed by atoms with van der Waals surface area (Å²) in [6, 6.07) is 8.42. The Hall–Kier alpha value is -1.22. The summed E-state index contributed by atoms with van der Waals surface area (Å²) in [7, 11) is 4.07. The van der Waals surface area contributed by atoms with Crippen LogP contribution < -0.4 is 10.2 Å². The molecule has 0 aromatic heterocycles. The van der Waals surface area contributed by atoms with Crippen molar-refractivity contribution in [3.05, 3.63) is 24.3 Å². The van der Waals surface area contributed by atoms with E-state index in [2.05, 4.69) is 22.3 Å². The maximum atomic E-state index is 9.80. The Bertz CT molecular complexity index is 352. The number of para-hydroxylation sites is 2. The molecule has 88 valence electrons. The second-order valence-electron chi connectivity index (χ2n) is 4.66. The van der Waals surface area contributed by atoms with Gasteiger partial charge < -0.3 is 15.3 Å². The van der Waals surface area contributed by atoms with Gasteiger partial charge in [0, 0.05) is 14.1 Å². The molecular weight excluding hydrogens is 200 g/mol. The average molecular weight is 220 g/mol. The van der Waals surface area contributed by atoms with Crippen LogP contribution in [0, 0.1) is 0 Å². The van der Waals surface area contributed by atoms with Crippen molar-refractivity contribution in [3.8, 4) is 0 Å². The van der Waals surface area contributed by atoms with Crippen molar-refractivity contribution >= 4 is 11.4 Å². The average Bonchev–Trinajstić information content (AvgIpc) is 2.65. The number of rotatable bonds is 3. The Kier molecular flexibility index (Phi) is 3.34. The third-order valence-corrected chi connectivity index (χ3v) is 3.21. The largest absolute Gasteiger partial charge is 0.391 e. The molecule has 16 heavy (non-hydrogen) atoms. The molecule has 0 unspecified atom stereocenters. The number of anilines is 2. The smallest absolute Gasteiger partial charge is 0.0741 e. The molecule has 1 aliphatic rings. The molecule has 0 heterocycles. The number of benzene rings is 1. The number of aliphatic hydroxyl groups excluding tert-OH is 1. The summed E-state index contributed by atoms with van der Waals surface area (Å²) in [6.07, 6.45) is 2.89. The molecule has 1 saturated carbocycles.